The molecule has 0 unspecified atom stereocenters. The molecule has 0 atom stereocenters. The van der Waals surface area contributed by atoms with Crippen LogP contribution in [0.15, 0.2) is 174 Å². The van der Waals surface area contributed by atoms with E-state index in [1.54, 1.807) is 73.7 Å². The normalized spacial score (nSPS) is 13.5. The van der Waals surface area contributed by atoms with Crippen LogP contribution in [0.3, 0.4) is 0 Å². The van der Waals surface area contributed by atoms with Crippen LogP contribution in [0.1, 0.15) is 126 Å². The Balaban J connectivity index is 0.000000140. The van der Waals surface area contributed by atoms with Crippen molar-refractivity contribution in [1.29, 1.82) is 0 Å². The van der Waals surface area contributed by atoms with Crippen molar-refractivity contribution in [3.8, 4) is 5.75 Å². The number of fused-ring (bicyclic) bond motifs is 6. The number of H-pyrrole nitrogens is 6. The lowest BCUT2D eigenvalue weighted by molar-refractivity contribution is -0.127. The van der Waals surface area contributed by atoms with Crippen molar-refractivity contribution in [2.45, 2.75) is 86.0 Å². The van der Waals surface area contributed by atoms with E-state index >= 15 is 0 Å². The molecule has 1 fully saturated rings. The van der Waals surface area contributed by atoms with Crippen LogP contribution in [0.5, 0.6) is 5.75 Å². The minimum absolute atomic E-state index is 0.0191. The highest BCUT2D eigenvalue weighted by molar-refractivity contribution is 8.16. The summed E-state index contributed by atoms with van der Waals surface area (Å²) >= 11 is 39.1. The van der Waals surface area contributed by atoms with Crippen LogP contribution in [0.4, 0.5) is 34.9 Å². The van der Waals surface area contributed by atoms with Gasteiger partial charge in [0.25, 0.3) is 16.7 Å². The van der Waals surface area contributed by atoms with E-state index in [-0.39, 0.29) is 88.6 Å². The minimum atomic E-state index is -0.234. The van der Waals surface area contributed by atoms with E-state index in [0.717, 1.165) is 106 Å². The summed E-state index contributed by atoms with van der Waals surface area (Å²) in [7, 11) is 11.6. The Morgan fingerprint density at radius 3 is 0.949 bits per heavy atom. The number of carbonyl (C=O) groups excluding carboxylic acids is 6. The number of aromatic nitrogens is 12. The number of nitrogens with zero attached hydrogens (tertiary/aromatic N) is 13. The van der Waals surface area contributed by atoms with Crippen molar-refractivity contribution >= 4 is 244 Å². The third-order valence-electron chi connectivity index (χ3n) is 22.4. The standard InChI is InChI=1S/C18H19N3O2S2.C17H17N3O2S2.C15H13N3O3S2.2C15H13N3O2S2.C14H18N4O2S2/c1-10-5-6-12(11(2)7-10)14(22)9-25-15-8-13-16(19-15)20(3)18(23)21(4)17(13)24;1-10-5-4-6-11(7-10)13(21)9-24-14-8-12-15(18-14)19(2)17(22)20(3)16(12)23;1-21-9-4-2-3-8(5-9)11(19)7-23-12-6-10-13(16-12)17-15(22)18-14(10)20;2*1-8-3-2-4-9(5-8)11(19)7-22-12-6-10-13(16-12)17-15(21)18-14(10)20;1-16-12-9(13(21)17(2)14(16)20)7-10(15-12)22-8-11(19)18-5-3-4-6-18/h5-7H,8-9H2,1-4H3;4-7H,8-9H2,1-3H3;2-5H,6-7H2,1H3,(H2,17,18,20,22);2*2-5H,6-7H2,1H3,(H2,17,18,20,21);3-8H2,1-2H3. The molecule has 7 aliphatic heterocycles. The lowest BCUT2D eigenvalue weighted by Crippen LogP contribution is -2.29. The monoisotopic (exact) mass is 2080 g/mol. The van der Waals surface area contributed by atoms with E-state index in [1.165, 1.54) is 98.0 Å². The highest BCUT2D eigenvalue weighted by Gasteiger charge is 2.30. The first kappa shape index (κ1) is 104. The molecule has 13 heterocycles. The lowest BCUT2D eigenvalue weighted by Gasteiger charge is -2.14. The Labute approximate surface area is 846 Å². The number of thioether (sulfide) groups is 6. The largest absolute Gasteiger partial charge is 0.497 e. The maximum Gasteiger partial charge on any atom is 0.330 e. The Hall–Kier alpha value is -11.6. The van der Waals surface area contributed by atoms with E-state index in [0.29, 0.717) is 161 Å². The summed E-state index contributed by atoms with van der Waals surface area (Å²) in [5.74, 6) is 6.26. The second kappa shape index (κ2) is 46.5. The van der Waals surface area contributed by atoms with Gasteiger partial charge in [0.1, 0.15) is 54.6 Å². The minimum Gasteiger partial charge on any atom is -0.497 e. The molecule has 0 bridgehead atoms. The number of nitrogens with one attached hydrogen (secondary N) is 6. The average Bonchev–Trinajstić information content (AvgIpc) is 1.60. The van der Waals surface area contributed by atoms with Gasteiger partial charge in [-0.3, -0.25) is 85.5 Å². The van der Waals surface area contributed by atoms with Gasteiger partial charge >= 0.3 is 17.1 Å². The van der Waals surface area contributed by atoms with Crippen LogP contribution in [-0.2, 0) is 85.6 Å². The van der Waals surface area contributed by atoms with E-state index in [2.05, 4.69) is 59.9 Å². The number of hydrogen-bond donors (Lipinski definition) is 6. The molecular weight excluding hydrogens is 1990 g/mol. The zero-order valence-electron chi connectivity index (χ0n) is 76.8. The van der Waals surface area contributed by atoms with Crippen molar-refractivity contribution in [3.63, 3.8) is 0 Å². The molecule has 1 amide bonds. The van der Waals surface area contributed by atoms with E-state index in [1.807, 2.05) is 131 Å². The molecular formula is C94H93N19O13S12. The summed E-state index contributed by atoms with van der Waals surface area (Å²) in [5, 5.41) is 4.71. The molecule has 44 heteroatoms. The molecule has 18 rings (SSSR count). The molecule has 0 aliphatic carbocycles. The first-order valence-corrected chi connectivity index (χ1v) is 51.1. The van der Waals surface area contributed by atoms with Gasteiger partial charge in [-0.25, -0.2) is 44.3 Å². The van der Waals surface area contributed by atoms with E-state index in [4.69, 9.17) is 78.0 Å². The highest BCUT2D eigenvalue weighted by atomic mass is 32.2. The number of ether oxygens (including phenoxy) is 1. The second-order valence-electron chi connectivity index (χ2n) is 32.4. The van der Waals surface area contributed by atoms with Crippen LogP contribution in [-0.4, -0.2) is 182 Å². The van der Waals surface area contributed by atoms with Gasteiger partial charge in [0.15, 0.2) is 43.2 Å². The fraction of sp³-hybridized carbons (Fsp3) is 0.298. The molecule has 714 valence electrons. The molecule has 0 saturated carbocycles. The van der Waals surface area contributed by atoms with Crippen molar-refractivity contribution in [1.82, 2.24) is 62.2 Å². The molecule has 7 aliphatic rings. The number of methoxy groups -OCH3 is 1. The molecule has 1 saturated heterocycles. The summed E-state index contributed by atoms with van der Waals surface area (Å²) in [6, 6.07) is 35.4. The van der Waals surface area contributed by atoms with Gasteiger partial charge in [-0.2, -0.15) is 0 Å². The maximum atomic E-state index is 12.5. The van der Waals surface area contributed by atoms with Gasteiger partial charge in [-0.15, -0.1) is 70.6 Å². The van der Waals surface area contributed by atoms with Crippen molar-refractivity contribution < 1.29 is 33.5 Å². The maximum absolute atomic E-state index is 12.5. The van der Waals surface area contributed by atoms with Crippen molar-refractivity contribution in [2.24, 2.45) is 72.2 Å². The van der Waals surface area contributed by atoms with Gasteiger partial charge < -0.3 is 24.6 Å². The summed E-state index contributed by atoms with van der Waals surface area (Å²) in [5.41, 5.74) is 11.9. The zero-order chi connectivity index (χ0) is 99.4. The third kappa shape index (κ3) is 25.5. The highest BCUT2D eigenvalue weighted by Crippen LogP contribution is 2.36. The number of aliphatic imine (C=N–C) groups is 6. The number of carbonyl (C=O) groups is 6. The number of aromatic amines is 6. The van der Waals surface area contributed by atoms with Gasteiger partial charge in [0.05, 0.1) is 88.6 Å². The van der Waals surface area contributed by atoms with Crippen LogP contribution in [0, 0.1) is 62.9 Å². The van der Waals surface area contributed by atoms with Crippen LogP contribution < -0.4 is 38.5 Å². The van der Waals surface area contributed by atoms with Gasteiger partial charge in [-0.05, 0) is 120 Å². The van der Waals surface area contributed by atoms with Crippen molar-refractivity contribution in [2.75, 3.05) is 54.7 Å². The topological polar surface area (TPSA) is 416 Å². The van der Waals surface area contributed by atoms with Crippen LogP contribution >= 0.6 is 144 Å². The van der Waals surface area contributed by atoms with Gasteiger partial charge in [0, 0.05) is 138 Å². The quantitative estimate of drug-likeness (QED) is 0.0343. The molecule has 32 nitrogen and oxygen atoms in total. The Kier molecular flexibility index (Phi) is 35.0. The number of aryl methyl sites for hydroxylation is 5. The predicted octanol–water partition coefficient (Wildman–Crippen LogP) is 16.2. The van der Waals surface area contributed by atoms with Crippen molar-refractivity contribution in [3.05, 3.63) is 295 Å². The molecule has 138 heavy (non-hydrogen) atoms. The number of ketones is 5. The number of rotatable bonds is 18. The Morgan fingerprint density at radius 2 is 0.630 bits per heavy atom. The first-order chi connectivity index (χ1) is 65.8. The SMILES string of the molecule is COc1cccc(C(=O)CSC2=Nc3[nH]c(=S)[nH]c(=O)c3C2)c1.Cc1ccc(C(=O)CSC2=Nc3c(c(=S)n(C)c(=O)n3C)C2)c(C)c1.Cc1cccc(C(=O)CSC2=Nc3[nH]c(=S)[nH]c(=O)c3C2)c1.Cc1cccc(C(=O)CSC2=Nc3[nH]c(=S)[nH]c(=O)c3C2)c1.Cc1cccc(C(=O)CSC2=Nc3c(c(=S)n(C)c(=O)n3C)C2)c1.Cn1c2c(c(=S)n(C)c1=O)CC(SCC(=O)N1CCCC1)=N2. The third-order valence-corrected chi connectivity index (χ3v) is 30.4. The molecule has 6 N–H and O–H groups in total. The van der Waals surface area contributed by atoms with E-state index in [9.17, 15) is 57.5 Å². The zero-order valence-corrected chi connectivity index (χ0v) is 86.6. The molecule has 5 aromatic carbocycles. The smallest absolute Gasteiger partial charge is 0.330 e. The van der Waals surface area contributed by atoms with E-state index < -0.39 is 0 Å². The lowest BCUT2D eigenvalue weighted by atomic mass is 10.0. The fourth-order valence-corrected chi connectivity index (χ4v) is 21.5. The van der Waals surface area contributed by atoms with Crippen LogP contribution in [0.2, 0.25) is 0 Å². The van der Waals surface area contributed by atoms with Gasteiger partial charge in [0.2, 0.25) is 5.91 Å². The first-order valence-electron chi connectivity index (χ1n) is 42.8. The molecule has 6 aromatic heterocycles. The molecule has 0 spiro atoms. The fourth-order valence-electron chi connectivity index (χ4n) is 15.0. The summed E-state index contributed by atoms with van der Waals surface area (Å²) in [4.78, 5) is 190. The predicted molar refractivity (Wildman–Crippen MR) is 571 cm³/mol. The molecule has 11 aromatic rings. The second-order valence-corrected chi connectivity index (χ2v) is 41.1. The number of likely N-dealkylation sites (tertiary alicyclic amines) is 1. The summed E-state index contributed by atoms with van der Waals surface area (Å²) in [6.45, 7) is 11.6. The Bertz CT molecular complexity index is 7690. The average molecular weight is 2080 g/mol. The number of Topliss-reactive ketones (excluding diaryl/α,β-unsaturated/α-hetero) is 5. The summed E-state index contributed by atoms with van der Waals surface area (Å²) < 4.78 is 16.3. The van der Waals surface area contributed by atoms with Gasteiger partial charge in [-0.1, -0.05) is 144 Å². The Morgan fingerprint density at radius 1 is 0.341 bits per heavy atom. The number of hydrogen-bond acceptors (Lipinski definition) is 31. The number of benzene rings is 5. The van der Waals surface area contributed by atoms with Crippen LogP contribution in [0.25, 0.3) is 0 Å². The number of amides is 1. The molecule has 0 radical (unpaired) electrons. The summed E-state index contributed by atoms with van der Waals surface area (Å²) in [6.07, 6.45) is 5.22.